The summed E-state index contributed by atoms with van der Waals surface area (Å²) in [5.41, 5.74) is 24.5. The van der Waals surface area contributed by atoms with Crippen LogP contribution in [0, 0.1) is 0 Å². The van der Waals surface area contributed by atoms with Crippen LogP contribution >= 0.6 is 22.7 Å². The normalized spacial score (nSPS) is 11.7. The van der Waals surface area contributed by atoms with E-state index in [1.165, 1.54) is 232 Å². The number of para-hydroxylation sites is 1. The maximum Gasteiger partial charge on any atom is 0.136 e. The minimum absolute atomic E-state index is 0.917. The van der Waals surface area contributed by atoms with Crippen LogP contribution in [0.1, 0.15) is 0 Å². The summed E-state index contributed by atoms with van der Waals surface area (Å²) in [6, 6.07) is 173. The Bertz CT molecular complexity index is 9010. The van der Waals surface area contributed by atoms with Crippen molar-refractivity contribution < 1.29 is 4.42 Å². The van der Waals surface area contributed by atoms with E-state index in [9.17, 15) is 0 Å². The van der Waals surface area contributed by atoms with Gasteiger partial charge in [-0.25, -0.2) is 0 Å². The lowest BCUT2D eigenvalue weighted by molar-refractivity contribution is 0.669. The third-order valence-corrected chi connectivity index (χ3v) is 28.9. The molecule has 0 aliphatic rings. The summed E-state index contributed by atoms with van der Waals surface area (Å²) in [6.07, 6.45) is 0. The van der Waals surface area contributed by atoms with E-state index >= 15 is 0 Å². The smallest absolute Gasteiger partial charge is 0.136 e. The first kappa shape index (κ1) is 75.4. The molecule has 3 heterocycles. The SMILES string of the molecule is c1ccc(-c2c3ccccc3c(-c3cccc4ccc(-c5ccc6c(c5)oc5ccccc56)cc34)c3ccccc23)cc1.c1ccc(-c2c3ccccc3c(-c3cccc4ccc(-c5ccc6sc7ccccc7c6c5)cc34)c3ccccc23)cc1.c1ccc(-c2c3ccccc3c(-c3cccc4ccc(-c5cccc6sc7ccccc7c56)cc34)c3ccccc23)cc1. The highest BCUT2D eigenvalue weighted by atomic mass is 32.1. The molecule has 27 aromatic rings. The van der Waals surface area contributed by atoms with Crippen molar-refractivity contribution in [1.82, 2.24) is 0 Å². The second-order valence-electron chi connectivity index (χ2n) is 33.7. The Balaban J connectivity index is 0.000000105. The van der Waals surface area contributed by atoms with Gasteiger partial charge in [0.15, 0.2) is 0 Å². The van der Waals surface area contributed by atoms with Crippen molar-refractivity contribution in [1.29, 1.82) is 0 Å². The van der Waals surface area contributed by atoms with Gasteiger partial charge in [-0.3, -0.25) is 0 Å². The molecule has 0 spiro atoms. The van der Waals surface area contributed by atoms with E-state index in [0.717, 1.165) is 27.5 Å². The maximum absolute atomic E-state index is 6.24. The van der Waals surface area contributed by atoms with Gasteiger partial charge in [-0.2, -0.15) is 0 Å². The second kappa shape index (κ2) is 31.5. The number of furan rings is 1. The highest BCUT2D eigenvalue weighted by Gasteiger charge is 2.24. The van der Waals surface area contributed by atoms with E-state index in [2.05, 4.69) is 461 Å². The molecule has 3 heteroatoms. The first-order valence-electron chi connectivity index (χ1n) is 44.3. The molecule has 129 heavy (non-hydrogen) atoms. The number of rotatable bonds is 9. The Morgan fingerprint density at radius 2 is 0.411 bits per heavy atom. The standard InChI is InChI=1S/C42H26O.2C42H26S/c1-2-11-28(12-3-1)41-33-15-4-6-17-35(33)42(36-18-7-5-16-34(36)41)37-19-10-13-27-21-22-29(25-38(27)37)30-23-24-32-31-14-8-9-20-39(31)43-40(32)26-30;1-2-12-28(13-3-1)40-31-15-4-6-17-33(31)41(34-18-7-5-16-32(34)40)35-21-10-14-27-24-25-29(26-37(27)35)30-20-11-23-39-42(30)36-19-8-9-22-38(36)43-39;1-2-11-28(12-3-1)41-32-15-4-6-17-34(32)42(35-18-7-5-16-33(35)41)36-19-10-13-27-21-22-29(25-37(27)36)30-23-24-40-38(26-30)31-14-8-9-20-39(31)43-40/h3*1-26H. The minimum Gasteiger partial charge on any atom is -0.456 e. The summed E-state index contributed by atoms with van der Waals surface area (Å²) in [5, 5.41) is 30.5. The third-order valence-electron chi connectivity index (χ3n) is 26.6. The first-order valence-corrected chi connectivity index (χ1v) is 46.0. The van der Waals surface area contributed by atoms with Crippen molar-refractivity contribution in [3.8, 4) is 100 Å². The van der Waals surface area contributed by atoms with Gasteiger partial charge >= 0.3 is 0 Å². The molecule has 27 rings (SSSR count). The average molecular weight is 1670 g/mol. The van der Waals surface area contributed by atoms with Gasteiger partial charge in [0.25, 0.3) is 0 Å². The zero-order valence-electron chi connectivity index (χ0n) is 70.3. The van der Waals surface area contributed by atoms with Crippen LogP contribution in [0.25, 0.3) is 259 Å². The quantitative estimate of drug-likeness (QED) is 0.131. The summed E-state index contributed by atoms with van der Waals surface area (Å²) in [5.74, 6) is 0. The fraction of sp³-hybridized carbons (Fsp3) is 0. The first-order chi connectivity index (χ1) is 64.0. The fourth-order valence-corrected chi connectivity index (χ4v) is 23.0. The van der Waals surface area contributed by atoms with Crippen LogP contribution in [-0.4, -0.2) is 0 Å². The van der Waals surface area contributed by atoms with Crippen molar-refractivity contribution in [3.63, 3.8) is 0 Å². The van der Waals surface area contributed by atoms with Crippen molar-refractivity contribution >= 4 is 182 Å². The summed E-state index contributed by atoms with van der Waals surface area (Å²) in [4.78, 5) is 0. The van der Waals surface area contributed by atoms with Crippen LogP contribution in [0.4, 0.5) is 0 Å². The summed E-state index contributed by atoms with van der Waals surface area (Å²) in [7, 11) is 0. The highest BCUT2D eigenvalue weighted by molar-refractivity contribution is 7.26. The summed E-state index contributed by atoms with van der Waals surface area (Å²) < 4.78 is 11.6. The Labute approximate surface area is 753 Å². The second-order valence-corrected chi connectivity index (χ2v) is 35.9. The van der Waals surface area contributed by atoms with Crippen molar-refractivity contribution in [2.45, 2.75) is 0 Å². The lowest BCUT2D eigenvalue weighted by Crippen LogP contribution is -1.91. The van der Waals surface area contributed by atoms with Gasteiger partial charge < -0.3 is 4.42 Å². The van der Waals surface area contributed by atoms with Crippen molar-refractivity contribution in [2.24, 2.45) is 0 Å². The summed E-state index contributed by atoms with van der Waals surface area (Å²) >= 11 is 3.75. The monoisotopic (exact) mass is 1670 g/mol. The van der Waals surface area contributed by atoms with Gasteiger partial charge in [0, 0.05) is 51.1 Å². The third kappa shape index (κ3) is 12.9. The molecule has 3 aromatic heterocycles. The molecular formula is C126H78OS2. The van der Waals surface area contributed by atoms with E-state index in [0.29, 0.717) is 0 Å². The van der Waals surface area contributed by atoms with Gasteiger partial charge in [0.2, 0.25) is 0 Å². The Morgan fingerprint density at radius 3 is 0.845 bits per heavy atom. The molecular weight excluding hydrogens is 1590 g/mol. The zero-order valence-corrected chi connectivity index (χ0v) is 71.9. The highest BCUT2D eigenvalue weighted by Crippen LogP contribution is 2.52. The van der Waals surface area contributed by atoms with Gasteiger partial charge in [0.05, 0.1) is 0 Å². The molecule has 0 amide bonds. The number of hydrogen-bond acceptors (Lipinski definition) is 3. The van der Waals surface area contributed by atoms with E-state index in [4.69, 9.17) is 4.42 Å². The molecule has 0 N–H and O–H groups in total. The molecule has 0 radical (unpaired) electrons. The van der Waals surface area contributed by atoms with Gasteiger partial charge in [-0.15, -0.1) is 22.7 Å². The number of benzene rings is 24. The molecule has 1 nitrogen and oxygen atoms in total. The Hall–Kier alpha value is -16.1. The van der Waals surface area contributed by atoms with Gasteiger partial charge in [-0.05, 0) is 264 Å². The van der Waals surface area contributed by atoms with Crippen molar-refractivity contribution in [2.75, 3.05) is 0 Å². The molecule has 0 aliphatic heterocycles. The van der Waals surface area contributed by atoms with E-state index < -0.39 is 0 Å². The van der Waals surface area contributed by atoms with E-state index in [1.54, 1.807) is 0 Å². The van der Waals surface area contributed by atoms with Gasteiger partial charge in [-0.1, -0.05) is 406 Å². The number of thiophene rings is 2. The van der Waals surface area contributed by atoms with Crippen LogP contribution in [-0.2, 0) is 0 Å². The molecule has 0 saturated heterocycles. The molecule has 0 aliphatic carbocycles. The Morgan fingerprint density at radius 1 is 0.132 bits per heavy atom. The van der Waals surface area contributed by atoms with Gasteiger partial charge in [0.1, 0.15) is 11.2 Å². The van der Waals surface area contributed by atoms with Crippen LogP contribution in [0.2, 0.25) is 0 Å². The summed E-state index contributed by atoms with van der Waals surface area (Å²) in [6.45, 7) is 0. The lowest BCUT2D eigenvalue weighted by Gasteiger charge is -2.19. The average Bonchev–Trinajstić information content (AvgIpc) is 1.71. The van der Waals surface area contributed by atoms with E-state index in [1.807, 2.05) is 34.8 Å². The van der Waals surface area contributed by atoms with Crippen molar-refractivity contribution in [3.05, 3.63) is 473 Å². The molecule has 0 unspecified atom stereocenters. The molecule has 24 aromatic carbocycles. The zero-order chi connectivity index (χ0) is 85.0. The van der Waals surface area contributed by atoms with Crippen LogP contribution in [0.3, 0.4) is 0 Å². The lowest BCUT2D eigenvalue weighted by atomic mass is 9.84. The molecule has 0 bridgehead atoms. The predicted molar refractivity (Wildman–Crippen MR) is 559 cm³/mol. The largest absolute Gasteiger partial charge is 0.456 e. The predicted octanol–water partition coefficient (Wildman–Crippen LogP) is 37.1. The minimum atomic E-state index is 0.917. The van der Waals surface area contributed by atoms with Crippen LogP contribution < -0.4 is 0 Å². The topological polar surface area (TPSA) is 13.1 Å². The van der Waals surface area contributed by atoms with Crippen LogP contribution in [0.15, 0.2) is 478 Å². The fourth-order valence-electron chi connectivity index (χ4n) is 20.8. The molecule has 600 valence electrons. The Kier molecular flexibility index (Phi) is 18.4. The molecule has 0 atom stereocenters. The van der Waals surface area contributed by atoms with Crippen LogP contribution in [0.5, 0.6) is 0 Å². The number of hydrogen-bond donors (Lipinski definition) is 0. The van der Waals surface area contributed by atoms with E-state index in [-0.39, 0.29) is 0 Å². The maximum atomic E-state index is 6.24. The number of fused-ring (bicyclic) bond motifs is 18. The molecule has 0 saturated carbocycles. The molecule has 0 fully saturated rings.